The van der Waals surface area contributed by atoms with Gasteiger partial charge in [0.05, 0.1) is 0 Å². The molecule has 0 aliphatic carbocycles. The summed E-state index contributed by atoms with van der Waals surface area (Å²) >= 11 is 0. The second-order valence-corrected chi connectivity index (χ2v) is 1.81. The number of nitrogens with one attached hydrogen (secondary N) is 1. The summed E-state index contributed by atoms with van der Waals surface area (Å²) in [6.07, 6.45) is 0. The van der Waals surface area contributed by atoms with Crippen LogP contribution in [0.4, 0.5) is 0 Å². The maximum Gasteiger partial charge on any atom is 0.112 e. The van der Waals surface area contributed by atoms with Gasteiger partial charge in [0, 0.05) is 17.4 Å². The normalized spacial score (nSPS) is 9.20. The zero-order valence-electron chi connectivity index (χ0n) is 5.11. The molecular formula is C6H5CrN3. The standard InChI is InChI=1S/C6H5N3.Cr/c1-2-4-6-5(3-1)7-9-8-6;/h1-4H,(H,7,8,9);. The summed E-state index contributed by atoms with van der Waals surface area (Å²) < 4.78 is 0. The third-order valence-corrected chi connectivity index (χ3v) is 1.22. The molecule has 0 fully saturated rings. The van der Waals surface area contributed by atoms with E-state index in [0.29, 0.717) is 0 Å². The van der Waals surface area contributed by atoms with Crippen molar-refractivity contribution in [3.63, 3.8) is 0 Å². The van der Waals surface area contributed by atoms with E-state index in [1.54, 1.807) is 0 Å². The number of fused-ring (bicyclic) bond motifs is 1. The van der Waals surface area contributed by atoms with Crippen molar-refractivity contribution in [2.45, 2.75) is 0 Å². The minimum atomic E-state index is 0. The van der Waals surface area contributed by atoms with Gasteiger partial charge in [0.25, 0.3) is 0 Å². The molecule has 3 nitrogen and oxygen atoms in total. The fraction of sp³-hybridized carbons (Fsp3) is 0. The predicted octanol–water partition coefficient (Wildman–Crippen LogP) is 0.955. The fourth-order valence-corrected chi connectivity index (χ4v) is 0.786. The van der Waals surface area contributed by atoms with Crippen LogP contribution in [-0.4, -0.2) is 15.4 Å². The monoisotopic (exact) mass is 171 g/mol. The van der Waals surface area contributed by atoms with Crippen molar-refractivity contribution < 1.29 is 17.4 Å². The van der Waals surface area contributed by atoms with Crippen molar-refractivity contribution in [2.75, 3.05) is 0 Å². The predicted molar refractivity (Wildman–Crippen MR) is 33.9 cm³/mol. The molecule has 10 heavy (non-hydrogen) atoms. The van der Waals surface area contributed by atoms with E-state index in [2.05, 4.69) is 15.4 Å². The molecule has 0 radical (unpaired) electrons. The summed E-state index contributed by atoms with van der Waals surface area (Å²) in [5, 5.41) is 10.3. The number of H-pyrrole nitrogens is 1. The van der Waals surface area contributed by atoms with Gasteiger partial charge in [-0.1, -0.05) is 12.1 Å². The first-order chi connectivity index (χ1) is 4.47. The largest absolute Gasteiger partial charge is 0.197 e. The minimum Gasteiger partial charge on any atom is -0.197 e. The van der Waals surface area contributed by atoms with Crippen molar-refractivity contribution in [1.29, 1.82) is 0 Å². The van der Waals surface area contributed by atoms with E-state index >= 15 is 0 Å². The van der Waals surface area contributed by atoms with Gasteiger partial charge in [-0.3, -0.25) is 0 Å². The Morgan fingerprint density at radius 2 is 1.50 bits per heavy atom. The van der Waals surface area contributed by atoms with Crippen LogP contribution in [-0.2, 0) is 17.4 Å². The van der Waals surface area contributed by atoms with Crippen LogP contribution in [0, 0.1) is 0 Å². The van der Waals surface area contributed by atoms with Crippen molar-refractivity contribution in [1.82, 2.24) is 15.4 Å². The second-order valence-electron chi connectivity index (χ2n) is 1.81. The summed E-state index contributed by atoms with van der Waals surface area (Å²) in [7, 11) is 0. The molecular weight excluding hydrogens is 166 g/mol. The van der Waals surface area contributed by atoms with E-state index in [1.807, 2.05) is 24.3 Å². The van der Waals surface area contributed by atoms with Gasteiger partial charge in [-0.25, -0.2) is 0 Å². The van der Waals surface area contributed by atoms with Crippen LogP contribution in [0.3, 0.4) is 0 Å². The summed E-state index contributed by atoms with van der Waals surface area (Å²) in [5.41, 5.74) is 1.83. The third kappa shape index (κ3) is 1.04. The van der Waals surface area contributed by atoms with Gasteiger partial charge in [0.15, 0.2) is 0 Å². The number of benzene rings is 1. The van der Waals surface area contributed by atoms with E-state index in [9.17, 15) is 0 Å². The minimum absolute atomic E-state index is 0. The number of aromatic amines is 1. The molecule has 0 unspecified atom stereocenters. The van der Waals surface area contributed by atoms with Crippen molar-refractivity contribution >= 4 is 11.0 Å². The first-order valence-corrected chi connectivity index (χ1v) is 2.72. The molecule has 1 heterocycles. The maximum absolute atomic E-state index is 3.88. The summed E-state index contributed by atoms with van der Waals surface area (Å²) in [6.45, 7) is 0. The smallest absolute Gasteiger partial charge is 0.112 e. The molecule has 1 aromatic carbocycles. The average Bonchev–Trinajstić information content (AvgIpc) is 2.33. The molecule has 2 rings (SSSR count). The van der Waals surface area contributed by atoms with Crippen LogP contribution in [0.5, 0.6) is 0 Å². The molecule has 0 aliphatic heterocycles. The van der Waals surface area contributed by atoms with Gasteiger partial charge < -0.3 is 0 Å². The summed E-state index contributed by atoms with van der Waals surface area (Å²) in [4.78, 5) is 0. The number of para-hydroxylation sites is 2. The van der Waals surface area contributed by atoms with Gasteiger partial charge in [0.2, 0.25) is 0 Å². The molecule has 0 atom stereocenters. The van der Waals surface area contributed by atoms with Crippen molar-refractivity contribution in [3.8, 4) is 0 Å². The second kappa shape index (κ2) is 2.82. The number of aromatic nitrogens is 3. The van der Waals surface area contributed by atoms with Gasteiger partial charge >= 0.3 is 0 Å². The summed E-state index contributed by atoms with van der Waals surface area (Å²) in [5.74, 6) is 0. The molecule has 50 valence electrons. The topological polar surface area (TPSA) is 41.6 Å². The number of rotatable bonds is 0. The Labute approximate surface area is 68.6 Å². The first-order valence-electron chi connectivity index (χ1n) is 2.72. The van der Waals surface area contributed by atoms with Crippen LogP contribution >= 0.6 is 0 Å². The molecule has 0 amide bonds. The zero-order chi connectivity index (χ0) is 6.10. The van der Waals surface area contributed by atoms with E-state index in [4.69, 9.17) is 0 Å². The molecule has 1 aromatic heterocycles. The molecule has 0 spiro atoms. The van der Waals surface area contributed by atoms with Gasteiger partial charge in [-0.2, -0.15) is 15.4 Å². The molecule has 4 heteroatoms. The Balaban J connectivity index is 0.000000500. The molecule has 1 N–H and O–H groups in total. The number of nitrogens with zero attached hydrogens (tertiary/aromatic N) is 2. The van der Waals surface area contributed by atoms with E-state index < -0.39 is 0 Å². The van der Waals surface area contributed by atoms with Crippen LogP contribution in [0.1, 0.15) is 0 Å². The van der Waals surface area contributed by atoms with Gasteiger partial charge in [-0.05, 0) is 12.1 Å². The first kappa shape index (κ1) is 7.26. The zero-order valence-corrected chi connectivity index (χ0v) is 6.39. The molecule has 0 saturated heterocycles. The van der Waals surface area contributed by atoms with Crippen LogP contribution in [0.25, 0.3) is 11.0 Å². The fourth-order valence-electron chi connectivity index (χ4n) is 0.786. The quantitative estimate of drug-likeness (QED) is 0.641. The Morgan fingerprint density at radius 3 is 2.00 bits per heavy atom. The van der Waals surface area contributed by atoms with Crippen LogP contribution in [0.15, 0.2) is 24.3 Å². The Morgan fingerprint density at radius 1 is 1.00 bits per heavy atom. The van der Waals surface area contributed by atoms with E-state index in [-0.39, 0.29) is 17.4 Å². The Hall–Kier alpha value is -0.848. The maximum atomic E-state index is 3.88. The van der Waals surface area contributed by atoms with Crippen LogP contribution < -0.4 is 0 Å². The van der Waals surface area contributed by atoms with Gasteiger partial charge in [0.1, 0.15) is 11.0 Å². The van der Waals surface area contributed by atoms with Crippen molar-refractivity contribution in [2.24, 2.45) is 0 Å². The Kier molecular flexibility index (Phi) is 2.05. The SMILES string of the molecule is [Cr].c1ccc2n[nH]nc2c1. The molecule has 0 bridgehead atoms. The number of hydrogen-bond donors (Lipinski definition) is 1. The molecule has 0 saturated carbocycles. The third-order valence-electron chi connectivity index (χ3n) is 1.22. The molecule has 0 aliphatic rings. The summed E-state index contributed by atoms with van der Waals surface area (Å²) in [6, 6.07) is 7.70. The average molecular weight is 171 g/mol. The van der Waals surface area contributed by atoms with Crippen LogP contribution in [0.2, 0.25) is 0 Å². The number of hydrogen-bond acceptors (Lipinski definition) is 2. The van der Waals surface area contributed by atoms with E-state index in [0.717, 1.165) is 11.0 Å². The van der Waals surface area contributed by atoms with Crippen molar-refractivity contribution in [3.05, 3.63) is 24.3 Å². The van der Waals surface area contributed by atoms with Gasteiger partial charge in [-0.15, -0.1) is 0 Å². The molecule has 2 aromatic rings. The Bertz CT molecular complexity index is 287. The van der Waals surface area contributed by atoms with E-state index in [1.165, 1.54) is 0 Å².